The van der Waals surface area contributed by atoms with Gasteiger partial charge in [-0.25, -0.2) is 13.4 Å². The monoisotopic (exact) mass is 254 g/mol. The van der Waals surface area contributed by atoms with Gasteiger partial charge in [0.05, 0.1) is 11.3 Å². The van der Waals surface area contributed by atoms with Crippen LogP contribution in [0, 0.1) is 0 Å². The Hall–Kier alpha value is -1.31. The van der Waals surface area contributed by atoms with Gasteiger partial charge < -0.3 is 0 Å². The van der Waals surface area contributed by atoms with Crippen LogP contribution in [0.25, 0.3) is 0 Å². The maximum absolute atomic E-state index is 12.3. The number of pyridine rings is 1. The number of anilines is 1. The number of alkyl halides is 3. The molecule has 1 aromatic rings. The zero-order valence-electron chi connectivity index (χ0n) is 8.25. The lowest BCUT2D eigenvalue weighted by Crippen LogP contribution is -2.16. The summed E-state index contributed by atoms with van der Waals surface area (Å²) in [4.78, 5) is 3.50. The van der Waals surface area contributed by atoms with E-state index >= 15 is 0 Å². The van der Waals surface area contributed by atoms with Gasteiger partial charge in [0.2, 0.25) is 10.0 Å². The average molecular weight is 254 g/mol. The fourth-order valence-corrected chi connectivity index (χ4v) is 1.47. The highest BCUT2D eigenvalue weighted by atomic mass is 32.2. The summed E-state index contributed by atoms with van der Waals surface area (Å²) in [6.45, 7) is 1.37. The zero-order valence-corrected chi connectivity index (χ0v) is 9.06. The normalized spacial score (nSPS) is 12.5. The van der Waals surface area contributed by atoms with Crippen LogP contribution in [0.2, 0.25) is 0 Å². The molecule has 90 valence electrons. The van der Waals surface area contributed by atoms with Crippen molar-refractivity contribution in [2.75, 3.05) is 10.5 Å². The Kier molecular flexibility index (Phi) is 3.41. The molecule has 1 rings (SSSR count). The van der Waals surface area contributed by atoms with Gasteiger partial charge in [-0.2, -0.15) is 13.2 Å². The van der Waals surface area contributed by atoms with E-state index in [1.165, 1.54) is 6.92 Å². The van der Waals surface area contributed by atoms with Crippen molar-refractivity contribution in [1.29, 1.82) is 0 Å². The van der Waals surface area contributed by atoms with E-state index in [4.69, 9.17) is 0 Å². The molecule has 0 fully saturated rings. The minimum atomic E-state index is -4.52. The summed E-state index contributed by atoms with van der Waals surface area (Å²) in [5, 5.41) is 0. The van der Waals surface area contributed by atoms with Gasteiger partial charge in [0.1, 0.15) is 5.82 Å². The van der Waals surface area contributed by atoms with E-state index in [9.17, 15) is 21.6 Å². The first-order valence-electron chi connectivity index (χ1n) is 4.28. The highest BCUT2D eigenvalue weighted by Crippen LogP contribution is 2.29. The van der Waals surface area contributed by atoms with Crippen molar-refractivity contribution in [3.63, 3.8) is 0 Å². The highest BCUT2D eigenvalue weighted by Gasteiger charge is 2.30. The summed E-state index contributed by atoms with van der Waals surface area (Å²) in [5.41, 5.74) is -0.948. The average Bonchev–Trinajstić information content (AvgIpc) is 2.16. The topological polar surface area (TPSA) is 59.1 Å². The fraction of sp³-hybridized carbons (Fsp3) is 0.375. The predicted octanol–water partition coefficient (Wildman–Crippen LogP) is 1.86. The molecular formula is C8H9F3N2O2S. The molecule has 16 heavy (non-hydrogen) atoms. The Bertz CT molecular complexity index is 470. The first-order valence-corrected chi connectivity index (χ1v) is 5.93. The van der Waals surface area contributed by atoms with Gasteiger partial charge in [0.15, 0.2) is 0 Å². The Morgan fingerprint density at radius 2 is 2.06 bits per heavy atom. The van der Waals surface area contributed by atoms with Gasteiger partial charge in [0.25, 0.3) is 0 Å². The third-order valence-corrected chi connectivity index (χ3v) is 3.01. The third kappa shape index (κ3) is 3.37. The van der Waals surface area contributed by atoms with Crippen molar-refractivity contribution in [2.24, 2.45) is 0 Å². The molecule has 0 radical (unpaired) electrons. The Balaban J connectivity index is 3.01. The molecule has 1 heterocycles. The Labute approximate surface area is 90.6 Å². The minimum absolute atomic E-state index is 0.231. The van der Waals surface area contributed by atoms with Crippen LogP contribution in [0.1, 0.15) is 12.5 Å². The lowest BCUT2D eigenvalue weighted by Gasteiger charge is -2.09. The first kappa shape index (κ1) is 12.8. The second kappa shape index (κ2) is 4.28. The number of aromatic nitrogens is 1. The van der Waals surface area contributed by atoms with Crippen LogP contribution >= 0.6 is 0 Å². The molecule has 4 nitrogen and oxygen atoms in total. The highest BCUT2D eigenvalue weighted by molar-refractivity contribution is 7.92. The lowest BCUT2D eigenvalue weighted by atomic mass is 10.2. The second-order valence-corrected chi connectivity index (χ2v) is 4.94. The molecule has 0 spiro atoms. The standard InChI is InChI=1S/C8H9F3N2O2S/c1-2-16(14,15)13-7-5-6(3-4-12-7)8(9,10)11/h3-5H,2H2,1H3,(H,12,13). The fourth-order valence-electron chi connectivity index (χ4n) is 0.894. The first-order chi connectivity index (χ1) is 7.24. The molecule has 0 aliphatic heterocycles. The molecule has 0 saturated carbocycles. The van der Waals surface area contributed by atoms with Crippen molar-refractivity contribution in [3.05, 3.63) is 23.9 Å². The number of halogens is 3. The Morgan fingerprint density at radius 3 is 2.56 bits per heavy atom. The van der Waals surface area contributed by atoms with Gasteiger partial charge in [-0.1, -0.05) is 0 Å². The van der Waals surface area contributed by atoms with E-state index in [1.807, 2.05) is 4.72 Å². The van der Waals surface area contributed by atoms with E-state index in [0.29, 0.717) is 6.07 Å². The maximum Gasteiger partial charge on any atom is 0.416 e. The number of nitrogens with one attached hydrogen (secondary N) is 1. The summed E-state index contributed by atoms with van der Waals surface area (Å²) < 4.78 is 61.0. The van der Waals surface area contributed by atoms with Crippen LogP contribution in [0.4, 0.5) is 19.0 Å². The molecule has 0 atom stereocenters. The summed E-state index contributed by atoms with van der Waals surface area (Å²) in [6, 6.07) is 1.41. The van der Waals surface area contributed by atoms with Crippen LogP contribution < -0.4 is 4.72 Å². The van der Waals surface area contributed by atoms with E-state index in [1.54, 1.807) is 0 Å². The van der Waals surface area contributed by atoms with Gasteiger partial charge in [-0.05, 0) is 19.1 Å². The van der Waals surface area contributed by atoms with Crippen LogP contribution in [-0.2, 0) is 16.2 Å². The molecule has 0 bridgehead atoms. The van der Waals surface area contributed by atoms with E-state index in [-0.39, 0.29) is 11.6 Å². The molecule has 0 saturated heterocycles. The van der Waals surface area contributed by atoms with Gasteiger partial charge in [-0.3, -0.25) is 4.72 Å². The maximum atomic E-state index is 12.3. The van der Waals surface area contributed by atoms with Crippen molar-refractivity contribution in [3.8, 4) is 0 Å². The molecule has 0 unspecified atom stereocenters. The van der Waals surface area contributed by atoms with Crippen LogP contribution in [0.5, 0.6) is 0 Å². The van der Waals surface area contributed by atoms with Crippen LogP contribution in [-0.4, -0.2) is 19.2 Å². The quantitative estimate of drug-likeness (QED) is 0.895. The molecule has 0 aliphatic carbocycles. The summed E-state index contributed by atoms with van der Waals surface area (Å²) in [6.07, 6.45) is -3.62. The predicted molar refractivity (Wildman–Crippen MR) is 52.3 cm³/mol. The van der Waals surface area contributed by atoms with Gasteiger partial charge in [-0.15, -0.1) is 0 Å². The van der Waals surface area contributed by atoms with E-state index in [0.717, 1.165) is 12.3 Å². The number of rotatable bonds is 3. The number of nitrogens with zero attached hydrogens (tertiary/aromatic N) is 1. The Morgan fingerprint density at radius 1 is 1.44 bits per heavy atom. The second-order valence-electron chi connectivity index (χ2n) is 2.93. The molecule has 0 aromatic carbocycles. The molecule has 0 aliphatic rings. The van der Waals surface area contributed by atoms with Crippen molar-refractivity contribution >= 4 is 15.8 Å². The lowest BCUT2D eigenvalue weighted by molar-refractivity contribution is -0.137. The van der Waals surface area contributed by atoms with E-state index in [2.05, 4.69) is 4.98 Å². The molecule has 1 N–H and O–H groups in total. The molecule has 1 aromatic heterocycles. The molecule has 0 amide bonds. The number of hydrogen-bond acceptors (Lipinski definition) is 3. The zero-order chi connectivity index (χ0) is 12.4. The van der Waals surface area contributed by atoms with E-state index < -0.39 is 21.8 Å². The summed E-state index contributed by atoms with van der Waals surface area (Å²) in [7, 11) is -3.61. The summed E-state index contributed by atoms with van der Waals surface area (Å²) in [5.74, 6) is -0.568. The SMILES string of the molecule is CCS(=O)(=O)Nc1cc(C(F)(F)F)ccn1. The van der Waals surface area contributed by atoms with Crippen molar-refractivity contribution in [1.82, 2.24) is 4.98 Å². The largest absolute Gasteiger partial charge is 0.416 e. The van der Waals surface area contributed by atoms with Crippen molar-refractivity contribution in [2.45, 2.75) is 13.1 Å². The third-order valence-electron chi connectivity index (χ3n) is 1.73. The van der Waals surface area contributed by atoms with Crippen molar-refractivity contribution < 1.29 is 21.6 Å². The number of sulfonamides is 1. The van der Waals surface area contributed by atoms with Gasteiger partial charge >= 0.3 is 6.18 Å². The molecule has 8 heteroatoms. The van der Waals surface area contributed by atoms with Gasteiger partial charge in [0, 0.05) is 6.20 Å². The minimum Gasteiger partial charge on any atom is -0.267 e. The van der Waals surface area contributed by atoms with Crippen LogP contribution in [0.15, 0.2) is 18.3 Å². The van der Waals surface area contributed by atoms with Crippen LogP contribution in [0.3, 0.4) is 0 Å². The molecular weight excluding hydrogens is 245 g/mol. The summed E-state index contributed by atoms with van der Waals surface area (Å²) >= 11 is 0. The smallest absolute Gasteiger partial charge is 0.267 e. The number of hydrogen-bond donors (Lipinski definition) is 1.